The van der Waals surface area contributed by atoms with Crippen LogP contribution in [-0.2, 0) is 6.18 Å². The summed E-state index contributed by atoms with van der Waals surface area (Å²) in [5, 5.41) is 5.64. The molecule has 0 aliphatic carbocycles. The fourth-order valence-electron chi connectivity index (χ4n) is 1.70. The van der Waals surface area contributed by atoms with Gasteiger partial charge in [-0.15, -0.1) is 0 Å². The lowest BCUT2D eigenvalue weighted by molar-refractivity contribution is -0.137. The molecule has 8 heteroatoms. The highest BCUT2D eigenvalue weighted by Gasteiger charge is 2.35. The second kappa shape index (κ2) is 5.77. The summed E-state index contributed by atoms with van der Waals surface area (Å²) in [5.41, 5.74) is 0.548. The zero-order chi connectivity index (χ0) is 15.6. The molecule has 2 N–H and O–H groups in total. The highest BCUT2D eigenvalue weighted by Crippen LogP contribution is 2.34. The molecule has 0 saturated heterocycles. The van der Waals surface area contributed by atoms with Gasteiger partial charge in [-0.05, 0) is 24.6 Å². The van der Waals surface area contributed by atoms with Crippen LogP contribution < -0.4 is 10.6 Å². The Hall–Kier alpha value is -2.02. The van der Waals surface area contributed by atoms with Gasteiger partial charge in [-0.25, -0.2) is 4.98 Å². The second-order valence-electron chi connectivity index (χ2n) is 4.31. The standard InChI is InChI=1S/C13H12ClF3N4/c1-7-3-4-9(14)10(5-7)20-12-19-6-8(13(15,16)17)11(18-2)21-12/h3-6H,1-2H3,(H2,18,19,20,21). The SMILES string of the molecule is CNc1nc(Nc2cc(C)ccc2Cl)ncc1C(F)(F)F. The number of nitrogens with one attached hydrogen (secondary N) is 2. The van der Waals surface area contributed by atoms with Gasteiger partial charge in [-0.3, -0.25) is 0 Å². The van der Waals surface area contributed by atoms with Crippen LogP contribution in [0.25, 0.3) is 0 Å². The van der Waals surface area contributed by atoms with Crippen LogP contribution >= 0.6 is 11.6 Å². The lowest BCUT2D eigenvalue weighted by Crippen LogP contribution is -2.12. The normalized spacial score (nSPS) is 11.3. The third kappa shape index (κ3) is 3.55. The fraction of sp³-hybridized carbons (Fsp3) is 0.231. The summed E-state index contributed by atoms with van der Waals surface area (Å²) in [5.74, 6) is -0.274. The first-order chi connectivity index (χ1) is 9.81. The third-order valence-electron chi connectivity index (χ3n) is 2.70. The Kier molecular flexibility index (Phi) is 4.22. The third-order valence-corrected chi connectivity index (χ3v) is 3.03. The smallest absolute Gasteiger partial charge is 0.372 e. The van der Waals surface area contributed by atoms with E-state index in [2.05, 4.69) is 20.6 Å². The molecule has 1 aromatic heterocycles. The average Bonchev–Trinajstić information content (AvgIpc) is 2.41. The van der Waals surface area contributed by atoms with Crippen molar-refractivity contribution >= 4 is 29.1 Å². The Morgan fingerprint density at radius 2 is 1.95 bits per heavy atom. The largest absolute Gasteiger partial charge is 0.421 e. The molecule has 0 aliphatic rings. The summed E-state index contributed by atoms with van der Waals surface area (Å²) in [4.78, 5) is 7.49. The molecule has 0 fully saturated rings. The van der Waals surface area contributed by atoms with E-state index in [-0.39, 0.29) is 11.8 Å². The molecule has 1 aromatic carbocycles. The molecular weight excluding hydrogens is 305 g/mol. The van der Waals surface area contributed by atoms with Gasteiger partial charge in [-0.2, -0.15) is 18.2 Å². The van der Waals surface area contributed by atoms with E-state index in [1.807, 2.05) is 13.0 Å². The predicted octanol–water partition coefficient (Wildman–Crippen LogP) is 4.24. The van der Waals surface area contributed by atoms with E-state index < -0.39 is 11.7 Å². The Balaban J connectivity index is 2.36. The van der Waals surface area contributed by atoms with Crippen molar-refractivity contribution in [2.24, 2.45) is 0 Å². The van der Waals surface area contributed by atoms with Crippen LogP contribution in [0.4, 0.5) is 30.6 Å². The van der Waals surface area contributed by atoms with Crippen LogP contribution in [0.3, 0.4) is 0 Å². The van der Waals surface area contributed by atoms with Crippen LogP contribution in [0.15, 0.2) is 24.4 Å². The lowest BCUT2D eigenvalue weighted by Gasteiger charge is -2.13. The molecule has 0 unspecified atom stereocenters. The molecule has 0 radical (unpaired) electrons. The number of rotatable bonds is 3. The van der Waals surface area contributed by atoms with Gasteiger partial charge >= 0.3 is 6.18 Å². The lowest BCUT2D eigenvalue weighted by atomic mass is 10.2. The summed E-state index contributed by atoms with van der Waals surface area (Å²) in [7, 11) is 1.36. The minimum Gasteiger partial charge on any atom is -0.372 e. The first kappa shape index (κ1) is 15.4. The van der Waals surface area contributed by atoms with Gasteiger partial charge in [0.2, 0.25) is 5.95 Å². The molecular formula is C13H12ClF3N4. The van der Waals surface area contributed by atoms with Crippen molar-refractivity contribution in [1.82, 2.24) is 9.97 Å². The average molecular weight is 317 g/mol. The van der Waals surface area contributed by atoms with Crippen LogP contribution in [0, 0.1) is 6.92 Å². The second-order valence-corrected chi connectivity index (χ2v) is 4.72. The van der Waals surface area contributed by atoms with Gasteiger partial charge in [0.15, 0.2) is 0 Å². The molecule has 2 aromatic rings. The summed E-state index contributed by atoms with van der Waals surface area (Å²) in [6.45, 7) is 1.87. The molecule has 21 heavy (non-hydrogen) atoms. The van der Waals surface area contributed by atoms with Crippen LogP contribution in [0.5, 0.6) is 0 Å². The van der Waals surface area contributed by atoms with Crippen LogP contribution in [-0.4, -0.2) is 17.0 Å². The van der Waals surface area contributed by atoms with E-state index >= 15 is 0 Å². The number of anilines is 3. The summed E-state index contributed by atoms with van der Waals surface area (Å²) in [6, 6.07) is 5.25. The zero-order valence-electron chi connectivity index (χ0n) is 11.2. The number of benzene rings is 1. The highest BCUT2D eigenvalue weighted by atomic mass is 35.5. The summed E-state index contributed by atoms with van der Waals surface area (Å²) < 4.78 is 38.2. The molecule has 0 amide bonds. The molecule has 0 spiro atoms. The topological polar surface area (TPSA) is 49.8 Å². The maximum atomic E-state index is 12.7. The molecule has 112 valence electrons. The first-order valence-electron chi connectivity index (χ1n) is 5.96. The molecule has 0 aliphatic heterocycles. The Morgan fingerprint density at radius 1 is 1.24 bits per heavy atom. The van der Waals surface area contributed by atoms with E-state index in [0.717, 1.165) is 11.8 Å². The van der Waals surface area contributed by atoms with Crippen molar-refractivity contribution in [3.05, 3.63) is 40.5 Å². The maximum absolute atomic E-state index is 12.7. The zero-order valence-corrected chi connectivity index (χ0v) is 12.0. The predicted molar refractivity (Wildman–Crippen MR) is 76.1 cm³/mol. The number of aryl methyl sites for hydroxylation is 1. The van der Waals surface area contributed by atoms with E-state index in [1.165, 1.54) is 7.05 Å². The van der Waals surface area contributed by atoms with Gasteiger partial charge < -0.3 is 10.6 Å². The minimum atomic E-state index is -4.52. The van der Waals surface area contributed by atoms with Gasteiger partial charge in [0.05, 0.1) is 10.7 Å². The van der Waals surface area contributed by atoms with Gasteiger partial charge in [0, 0.05) is 13.2 Å². The number of nitrogens with zero attached hydrogens (tertiary/aromatic N) is 2. The molecule has 4 nitrogen and oxygen atoms in total. The molecule has 0 saturated carbocycles. The van der Waals surface area contributed by atoms with Crippen molar-refractivity contribution in [3.63, 3.8) is 0 Å². The monoisotopic (exact) mass is 316 g/mol. The maximum Gasteiger partial charge on any atom is 0.421 e. The Labute approximate surface area is 124 Å². The van der Waals surface area contributed by atoms with E-state index in [4.69, 9.17) is 11.6 Å². The molecule has 0 atom stereocenters. The molecule has 0 bridgehead atoms. The summed E-state index contributed by atoms with van der Waals surface area (Å²) >= 11 is 6.01. The Bertz CT molecular complexity index is 658. The number of aromatic nitrogens is 2. The quantitative estimate of drug-likeness (QED) is 0.889. The van der Waals surface area contributed by atoms with Crippen molar-refractivity contribution in [2.75, 3.05) is 17.7 Å². The van der Waals surface area contributed by atoms with E-state index in [1.54, 1.807) is 12.1 Å². The van der Waals surface area contributed by atoms with Crippen molar-refractivity contribution in [3.8, 4) is 0 Å². The van der Waals surface area contributed by atoms with E-state index in [0.29, 0.717) is 10.7 Å². The van der Waals surface area contributed by atoms with Crippen LogP contribution in [0.1, 0.15) is 11.1 Å². The number of alkyl halides is 3. The van der Waals surface area contributed by atoms with Gasteiger partial charge in [0.1, 0.15) is 11.4 Å². The minimum absolute atomic E-state index is 0.0276. The number of halogens is 4. The van der Waals surface area contributed by atoms with E-state index in [9.17, 15) is 13.2 Å². The van der Waals surface area contributed by atoms with Crippen molar-refractivity contribution in [1.29, 1.82) is 0 Å². The van der Waals surface area contributed by atoms with Crippen molar-refractivity contribution < 1.29 is 13.2 Å². The summed E-state index contributed by atoms with van der Waals surface area (Å²) in [6.07, 6.45) is -3.79. The highest BCUT2D eigenvalue weighted by molar-refractivity contribution is 6.33. The Morgan fingerprint density at radius 3 is 2.57 bits per heavy atom. The fourth-order valence-corrected chi connectivity index (χ4v) is 1.86. The van der Waals surface area contributed by atoms with Crippen molar-refractivity contribution in [2.45, 2.75) is 13.1 Å². The first-order valence-corrected chi connectivity index (χ1v) is 6.34. The van der Waals surface area contributed by atoms with Gasteiger partial charge in [0.25, 0.3) is 0 Å². The number of hydrogen-bond acceptors (Lipinski definition) is 4. The van der Waals surface area contributed by atoms with Crippen LogP contribution in [0.2, 0.25) is 5.02 Å². The number of hydrogen-bond donors (Lipinski definition) is 2. The molecule has 1 heterocycles. The molecule has 2 rings (SSSR count). The van der Waals surface area contributed by atoms with Gasteiger partial charge in [-0.1, -0.05) is 17.7 Å².